The van der Waals surface area contributed by atoms with Crippen LogP contribution in [0.5, 0.6) is 5.75 Å². The van der Waals surface area contributed by atoms with Crippen LogP contribution in [0.15, 0.2) is 24.4 Å². The van der Waals surface area contributed by atoms with E-state index < -0.39 is 0 Å². The Labute approximate surface area is 80.6 Å². The van der Waals surface area contributed by atoms with Gasteiger partial charge in [0.05, 0.1) is 30.3 Å². The summed E-state index contributed by atoms with van der Waals surface area (Å²) in [5.41, 5.74) is 3.68. The van der Waals surface area contributed by atoms with E-state index in [9.17, 15) is 5.11 Å². The molecule has 0 saturated carbocycles. The molecule has 3 N–H and O–H groups in total. The molecule has 1 aromatic carbocycles. The van der Waals surface area contributed by atoms with Crippen molar-refractivity contribution in [2.45, 2.75) is 0 Å². The van der Waals surface area contributed by atoms with Gasteiger partial charge in [-0.3, -0.25) is 0 Å². The van der Waals surface area contributed by atoms with E-state index in [2.05, 4.69) is 10.5 Å². The van der Waals surface area contributed by atoms with Crippen LogP contribution in [-0.4, -0.2) is 33.3 Å². The molecule has 0 fully saturated rings. The molecule has 0 aliphatic heterocycles. The van der Waals surface area contributed by atoms with Crippen LogP contribution in [0.4, 0.5) is 0 Å². The van der Waals surface area contributed by atoms with Crippen LogP contribution in [0.1, 0.15) is 0 Å². The van der Waals surface area contributed by atoms with Gasteiger partial charge in [-0.05, 0) is 12.1 Å². The van der Waals surface area contributed by atoms with E-state index in [0.29, 0.717) is 11.9 Å². The largest absolute Gasteiger partial charge is 0.507 e. The zero-order valence-corrected chi connectivity index (χ0v) is 7.51. The van der Waals surface area contributed by atoms with Crippen LogP contribution in [0.2, 0.25) is 0 Å². The first-order valence-electron chi connectivity index (χ1n) is 4.33. The number of hydrogen-bond donors (Lipinski definition) is 3. The van der Waals surface area contributed by atoms with Gasteiger partial charge >= 0.3 is 0 Å². The van der Waals surface area contributed by atoms with E-state index in [1.54, 1.807) is 18.3 Å². The first-order valence-corrected chi connectivity index (χ1v) is 4.33. The molecule has 2 rings (SSSR count). The van der Waals surface area contributed by atoms with Crippen LogP contribution in [0.3, 0.4) is 0 Å². The SMILES string of the molecule is OCCNn1ncc2c(O)cccc21. The van der Waals surface area contributed by atoms with Crippen LogP contribution in [-0.2, 0) is 0 Å². The van der Waals surface area contributed by atoms with Gasteiger partial charge in [-0.2, -0.15) is 9.89 Å². The molecule has 0 amide bonds. The van der Waals surface area contributed by atoms with Crippen molar-refractivity contribution < 1.29 is 10.2 Å². The highest BCUT2D eigenvalue weighted by atomic mass is 16.3. The van der Waals surface area contributed by atoms with Gasteiger partial charge in [-0.1, -0.05) is 6.07 Å². The number of aromatic nitrogens is 2. The lowest BCUT2D eigenvalue weighted by atomic mass is 10.2. The second-order valence-corrected chi connectivity index (χ2v) is 2.90. The lowest BCUT2D eigenvalue weighted by Crippen LogP contribution is -2.19. The van der Waals surface area contributed by atoms with Crippen molar-refractivity contribution in [1.29, 1.82) is 0 Å². The second kappa shape index (κ2) is 3.55. The number of aliphatic hydroxyl groups excluding tert-OH is 1. The predicted octanol–water partition coefficient (Wildman–Crippen LogP) is 0.278. The van der Waals surface area contributed by atoms with Crippen LogP contribution >= 0.6 is 0 Å². The van der Waals surface area contributed by atoms with Gasteiger partial charge in [-0.15, -0.1) is 0 Å². The van der Waals surface area contributed by atoms with Gasteiger partial charge in [0.1, 0.15) is 5.75 Å². The third-order valence-electron chi connectivity index (χ3n) is 1.96. The van der Waals surface area contributed by atoms with E-state index in [-0.39, 0.29) is 12.4 Å². The Balaban J connectivity index is 2.42. The summed E-state index contributed by atoms with van der Waals surface area (Å²) in [6.07, 6.45) is 1.58. The number of aliphatic hydroxyl groups is 1. The Kier molecular flexibility index (Phi) is 2.24. The van der Waals surface area contributed by atoms with E-state index >= 15 is 0 Å². The third kappa shape index (κ3) is 1.38. The highest BCUT2D eigenvalue weighted by Gasteiger charge is 2.04. The van der Waals surface area contributed by atoms with E-state index in [1.807, 2.05) is 6.07 Å². The van der Waals surface area contributed by atoms with E-state index in [0.717, 1.165) is 5.52 Å². The summed E-state index contributed by atoms with van der Waals surface area (Å²) >= 11 is 0. The summed E-state index contributed by atoms with van der Waals surface area (Å²) < 4.78 is 0. The molecule has 0 saturated heterocycles. The number of hydrogen-bond acceptors (Lipinski definition) is 4. The zero-order chi connectivity index (χ0) is 9.97. The molecule has 1 heterocycles. The molecule has 1 aromatic heterocycles. The number of aromatic hydroxyl groups is 1. The van der Waals surface area contributed by atoms with Crippen molar-refractivity contribution in [3.05, 3.63) is 24.4 Å². The van der Waals surface area contributed by atoms with Crippen molar-refractivity contribution in [3.8, 4) is 5.75 Å². The number of phenolic OH excluding ortho intramolecular Hbond substituents is 1. The van der Waals surface area contributed by atoms with Crippen LogP contribution in [0.25, 0.3) is 10.9 Å². The Morgan fingerprint density at radius 1 is 1.43 bits per heavy atom. The molecule has 2 aromatic rings. The van der Waals surface area contributed by atoms with Gasteiger partial charge in [0.25, 0.3) is 0 Å². The molecule has 74 valence electrons. The Hall–Kier alpha value is -1.75. The fraction of sp³-hybridized carbons (Fsp3) is 0.222. The highest BCUT2D eigenvalue weighted by Crippen LogP contribution is 2.22. The minimum absolute atomic E-state index is 0.0418. The van der Waals surface area contributed by atoms with Gasteiger partial charge in [0, 0.05) is 0 Å². The molecule has 5 nitrogen and oxygen atoms in total. The Morgan fingerprint density at radius 3 is 3.07 bits per heavy atom. The molecular formula is C9H11N3O2. The summed E-state index contributed by atoms with van der Waals surface area (Å²) in [5.74, 6) is 0.208. The van der Waals surface area contributed by atoms with Crippen molar-refractivity contribution in [2.75, 3.05) is 18.6 Å². The van der Waals surface area contributed by atoms with Gasteiger partial charge < -0.3 is 15.6 Å². The van der Waals surface area contributed by atoms with Gasteiger partial charge in [0.15, 0.2) is 0 Å². The monoisotopic (exact) mass is 193 g/mol. The lowest BCUT2D eigenvalue weighted by molar-refractivity contribution is 0.306. The molecule has 0 aliphatic carbocycles. The molecule has 14 heavy (non-hydrogen) atoms. The van der Waals surface area contributed by atoms with E-state index in [1.165, 1.54) is 4.79 Å². The van der Waals surface area contributed by atoms with Gasteiger partial charge in [0.2, 0.25) is 0 Å². The smallest absolute Gasteiger partial charge is 0.126 e. The third-order valence-corrected chi connectivity index (χ3v) is 1.96. The van der Waals surface area contributed by atoms with Crippen molar-refractivity contribution >= 4 is 10.9 Å². The summed E-state index contributed by atoms with van der Waals surface area (Å²) in [6.45, 7) is 0.465. The quantitative estimate of drug-likeness (QED) is 0.654. The maximum atomic E-state index is 9.48. The predicted molar refractivity (Wildman–Crippen MR) is 52.7 cm³/mol. The molecule has 0 aliphatic rings. The first kappa shape index (κ1) is 8.83. The van der Waals surface area contributed by atoms with Gasteiger partial charge in [-0.25, -0.2) is 0 Å². The van der Waals surface area contributed by atoms with Crippen LogP contribution < -0.4 is 5.43 Å². The first-order chi connectivity index (χ1) is 6.83. The van der Waals surface area contributed by atoms with Crippen LogP contribution in [0, 0.1) is 0 Å². The molecule has 5 heteroatoms. The summed E-state index contributed by atoms with van der Waals surface area (Å²) in [5, 5.41) is 22.8. The maximum absolute atomic E-state index is 9.48. The minimum atomic E-state index is 0.0418. The maximum Gasteiger partial charge on any atom is 0.126 e. The van der Waals surface area contributed by atoms with Crippen molar-refractivity contribution in [2.24, 2.45) is 0 Å². The molecule has 0 unspecified atom stereocenters. The standard InChI is InChI=1S/C9H11N3O2/c13-5-4-10-12-8-2-1-3-9(14)7(8)6-11-12/h1-3,6,10,13-14H,4-5H2. The molecule has 0 radical (unpaired) electrons. The number of fused-ring (bicyclic) bond motifs is 1. The summed E-state index contributed by atoms with van der Waals surface area (Å²) in [4.78, 5) is 1.53. The normalized spacial score (nSPS) is 10.6. The fourth-order valence-corrected chi connectivity index (χ4v) is 1.32. The zero-order valence-electron chi connectivity index (χ0n) is 7.51. The second-order valence-electron chi connectivity index (χ2n) is 2.90. The number of rotatable bonds is 3. The molecule has 0 spiro atoms. The topological polar surface area (TPSA) is 70.3 Å². The fourth-order valence-electron chi connectivity index (χ4n) is 1.32. The average Bonchev–Trinajstić information content (AvgIpc) is 2.60. The molecule has 0 bridgehead atoms. The number of phenols is 1. The lowest BCUT2D eigenvalue weighted by Gasteiger charge is -2.04. The summed E-state index contributed by atoms with van der Waals surface area (Å²) in [7, 11) is 0. The molecular weight excluding hydrogens is 182 g/mol. The van der Waals surface area contributed by atoms with E-state index in [4.69, 9.17) is 5.11 Å². The number of nitrogens with one attached hydrogen (secondary N) is 1. The summed E-state index contributed by atoms with van der Waals surface area (Å²) in [6, 6.07) is 5.20. The van der Waals surface area contributed by atoms with Crippen molar-refractivity contribution in [1.82, 2.24) is 9.89 Å². The van der Waals surface area contributed by atoms with Crippen molar-refractivity contribution in [3.63, 3.8) is 0 Å². The average molecular weight is 193 g/mol. The molecule has 0 atom stereocenters. The Morgan fingerprint density at radius 2 is 2.29 bits per heavy atom. The Bertz CT molecular complexity index is 439. The highest BCUT2D eigenvalue weighted by molar-refractivity contribution is 5.84. The minimum Gasteiger partial charge on any atom is -0.507 e. The number of benzene rings is 1. The number of nitrogens with zero attached hydrogens (tertiary/aromatic N) is 2.